The number of aromatic hydroxyl groups is 1. The molecule has 1 aromatic heterocycles. The van der Waals surface area contributed by atoms with Crippen molar-refractivity contribution < 1.29 is 15.0 Å². The molecule has 0 spiro atoms. The van der Waals surface area contributed by atoms with E-state index in [9.17, 15) is 14.7 Å². The van der Waals surface area contributed by atoms with E-state index in [1.54, 1.807) is 12.3 Å². The molecule has 1 fully saturated rings. The Labute approximate surface area is 173 Å². The average molecular weight is 501 g/mol. The van der Waals surface area contributed by atoms with Crippen LogP contribution in [-0.2, 0) is 13.1 Å². The van der Waals surface area contributed by atoms with Gasteiger partial charge in [0.15, 0.2) is 5.75 Å². The van der Waals surface area contributed by atoms with Crippen molar-refractivity contribution in [2.45, 2.75) is 13.1 Å². The monoisotopic (exact) mass is 499 g/mol. The van der Waals surface area contributed by atoms with Gasteiger partial charge < -0.3 is 19.7 Å². The smallest absolute Gasteiger partial charge is 0.407 e. The molecule has 1 aliphatic rings. The number of carbonyl (C=O) groups is 1. The molecule has 0 atom stereocenters. The van der Waals surface area contributed by atoms with Gasteiger partial charge >= 0.3 is 6.09 Å². The highest BCUT2D eigenvalue weighted by atomic mass is 79.9. The number of carboxylic acid groups (broad SMARTS) is 1. The zero-order chi connectivity index (χ0) is 19.6. The van der Waals surface area contributed by atoms with Gasteiger partial charge in [-0.05, 0) is 18.2 Å². The van der Waals surface area contributed by atoms with Crippen molar-refractivity contribution in [2.24, 2.45) is 0 Å². The largest absolute Gasteiger partial charge is 0.503 e. The van der Waals surface area contributed by atoms with Gasteiger partial charge in [-0.1, -0.05) is 37.9 Å². The standard InChI is InChI=1S/C18H19Br2N3O4/c19-14-2-1-3-15(20)13(14)11-23-5-4-12(16(24)17(23)25)10-21-6-8-22(9-7-21)18(26)27/h1-5,24H,6-11H2,(H,26,27). The van der Waals surface area contributed by atoms with Crippen LogP contribution >= 0.6 is 31.9 Å². The third-order valence-electron chi connectivity index (χ3n) is 4.65. The Morgan fingerprint density at radius 3 is 2.26 bits per heavy atom. The zero-order valence-corrected chi connectivity index (χ0v) is 17.6. The molecule has 2 aromatic rings. The molecule has 2 N–H and O–H groups in total. The van der Waals surface area contributed by atoms with Crippen LogP contribution in [0.5, 0.6) is 5.75 Å². The summed E-state index contributed by atoms with van der Waals surface area (Å²) in [7, 11) is 0. The number of aromatic nitrogens is 1. The summed E-state index contributed by atoms with van der Waals surface area (Å²) >= 11 is 6.97. The van der Waals surface area contributed by atoms with Crippen LogP contribution in [0.4, 0.5) is 4.79 Å². The second-order valence-corrected chi connectivity index (χ2v) is 8.08. The number of hydrogen-bond donors (Lipinski definition) is 2. The summed E-state index contributed by atoms with van der Waals surface area (Å²) in [5.74, 6) is -0.263. The zero-order valence-electron chi connectivity index (χ0n) is 14.4. The first kappa shape index (κ1) is 19.9. The SMILES string of the molecule is O=C(O)N1CCN(Cc2ccn(Cc3c(Br)cccc3Br)c(=O)c2O)CC1. The molecule has 1 amide bonds. The second kappa shape index (κ2) is 8.45. The molecule has 2 heterocycles. The molecular weight excluding hydrogens is 482 g/mol. The summed E-state index contributed by atoms with van der Waals surface area (Å²) in [4.78, 5) is 26.9. The van der Waals surface area contributed by atoms with E-state index in [0.717, 1.165) is 14.5 Å². The van der Waals surface area contributed by atoms with Crippen molar-refractivity contribution >= 4 is 38.0 Å². The number of piperazine rings is 1. The number of rotatable bonds is 4. The van der Waals surface area contributed by atoms with E-state index in [2.05, 4.69) is 31.9 Å². The molecule has 0 unspecified atom stereocenters. The normalized spacial score (nSPS) is 15.1. The predicted molar refractivity (Wildman–Crippen MR) is 108 cm³/mol. The lowest BCUT2D eigenvalue weighted by molar-refractivity contribution is 0.102. The Morgan fingerprint density at radius 2 is 1.67 bits per heavy atom. The third-order valence-corrected chi connectivity index (χ3v) is 6.14. The third kappa shape index (κ3) is 4.53. The molecule has 0 radical (unpaired) electrons. The molecule has 0 bridgehead atoms. The van der Waals surface area contributed by atoms with E-state index >= 15 is 0 Å². The molecule has 3 rings (SSSR count). The fraction of sp³-hybridized carbons (Fsp3) is 0.333. The van der Waals surface area contributed by atoms with Crippen LogP contribution in [0.1, 0.15) is 11.1 Å². The van der Waals surface area contributed by atoms with Gasteiger partial charge in [-0.3, -0.25) is 9.69 Å². The molecule has 7 nitrogen and oxygen atoms in total. The number of benzene rings is 1. The number of hydrogen-bond acceptors (Lipinski definition) is 4. The van der Waals surface area contributed by atoms with Gasteiger partial charge in [0.2, 0.25) is 0 Å². The Kier molecular flexibility index (Phi) is 6.23. The van der Waals surface area contributed by atoms with Crippen LogP contribution in [0.2, 0.25) is 0 Å². The fourth-order valence-corrected chi connectivity index (χ4v) is 4.29. The number of pyridine rings is 1. The molecule has 9 heteroatoms. The summed E-state index contributed by atoms with van der Waals surface area (Å²) in [6, 6.07) is 7.43. The van der Waals surface area contributed by atoms with Crippen molar-refractivity contribution in [3.8, 4) is 5.75 Å². The van der Waals surface area contributed by atoms with E-state index in [4.69, 9.17) is 5.11 Å². The topological polar surface area (TPSA) is 86.0 Å². The number of amides is 1. The minimum atomic E-state index is -0.918. The number of nitrogens with zero attached hydrogens (tertiary/aromatic N) is 3. The maximum atomic E-state index is 12.6. The Morgan fingerprint density at radius 1 is 1.04 bits per heavy atom. The van der Waals surface area contributed by atoms with Crippen LogP contribution in [0.25, 0.3) is 0 Å². The van der Waals surface area contributed by atoms with Crippen LogP contribution in [0.3, 0.4) is 0 Å². The van der Waals surface area contributed by atoms with E-state index in [1.807, 2.05) is 23.1 Å². The molecule has 27 heavy (non-hydrogen) atoms. The van der Waals surface area contributed by atoms with Crippen LogP contribution in [-0.4, -0.2) is 56.9 Å². The molecule has 1 saturated heterocycles. The molecular formula is C18H19Br2N3O4. The average Bonchev–Trinajstić information content (AvgIpc) is 2.64. The van der Waals surface area contributed by atoms with Gasteiger partial charge in [0, 0.05) is 59.0 Å². The lowest BCUT2D eigenvalue weighted by Gasteiger charge is -2.33. The van der Waals surface area contributed by atoms with Crippen molar-refractivity contribution in [1.82, 2.24) is 14.4 Å². The fourth-order valence-electron chi connectivity index (χ4n) is 3.04. The van der Waals surface area contributed by atoms with Gasteiger partial charge in [0.25, 0.3) is 5.56 Å². The van der Waals surface area contributed by atoms with Gasteiger partial charge in [-0.2, -0.15) is 0 Å². The maximum absolute atomic E-state index is 12.6. The van der Waals surface area contributed by atoms with Crippen molar-refractivity contribution in [3.63, 3.8) is 0 Å². The van der Waals surface area contributed by atoms with Gasteiger partial charge in [-0.25, -0.2) is 4.79 Å². The number of halogens is 2. The highest BCUT2D eigenvalue weighted by Gasteiger charge is 2.21. The van der Waals surface area contributed by atoms with Crippen molar-refractivity contribution in [3.05, 3.63) is 60.9 Å². The highest BCUT2D eigenvalue weighted by molar-refractivity contribution is 9.11. The van der Waals surface area contributed by atoms with E-state index in [-0.39, 0.29) is 5.75 Å². The lowest BCUT2D eigenvalue weighted by atomic mass is 10.2. The van der Waals surface area contributed by atoms with Crippen LogP contribution < -0.4 is 5.56 Å². The summed E-state index contributed by atoms with van der Waals surface area (Å²) in [6.07, 6.45) is 0.759. The Balaban J connectivity index is 1.74. The Hall–Kier alpha value is -1.84. The predicted octanol–water partition coefficient (Wildman–Crippen LogP) is 2.92. The first-order valence-corrected chi connectivity index (χ1v) is 10.00. The first-order valence-electron chi connectivity index (χ1n) is 8.41. The van der Waals surface area contributed by atoms with Crippen molar-refractivity contribution in [2.75, 3.05) is 26.2 Å². The minimum Gasteiger partial charge on any atom is -0.503 e. The molecule has 144 valence electrons. The van der Waals surface area contributed by atoms with Gasteiger partial charge in [0.05, 0.1) is 6.54 Å². The minimum absolute atomic E-state index is 0.263. The maximum Gasteiger partial charge on any atom is 0.407 e. The van der Waals surface area contributed by atoms with Crippen LogP contribution in [0.15, 0.2) is 44.2 Å². The molecule has 1 aromatic carbocycles. The van der Waals surface area contributed by atoms with E-state index in [1.165, 1.54) is 9.47 Å². The van der Waals surface area contributed by atoms with E-state index in [0.29, 0.717) is 44.8 Å². The molecule has 0 aliphatic carbocycles. The summed E-state index contributed by atoms with van der Waals surface area (Å²) < 4.78 is 3.22. The van der Waals surface area contributed by atoms with Crippen molar-refractivity contribution in [1.29, 1.82) is 0 Å². The van der Waals surface area contributed by atoms with E-state index < -0.39 is 11.7 Å². The van der Waals surface area contributed by atoms with Gasteiger partial charge in [0.1, 0.15) is 0 Å². The molecule has 0 saturated carbocycles. The quantitative estimate of drug-likeness (QED) is 0.674. The molecule has 1 aliphatic heterocycles. The summed E-state index contributed by atoms with van der Waals surface area (Å²) in [5, 5.41) is 19.4. The first-order chi connectivity index (χ1) is 12.9. The lowest BCUT2D eigenvalue weighted by Crippen LogP contribution is -2.47. The highest BCUT2D eigenvalue weighted by Crippen LogP contribution is 2.26. The van der Waals surface area contributed by atoms with Gasteiger partial charge in [-0.15, -0.1) is 0 Å². The summed E-state index contributed by atoms with van der Waals surface area (Å²) in [5.41, 5.74) is 1.02. The van der Waals surface area contributed by atoms with Crippen LogP contribution in [0, 0.1) is 0 Å². The Bertz CT molecular complexity index is 888. The second-order valence-electron chi connectivity index (χ2n) is 6.37. The summed E-state index contributed by atoms with van der Waals surface area (Å²) in [6.45, 7) is 2.71.